The zero-order chi connectivity index (χ0) is 27.3. The summed E-state index contributed by atoms with van der Waals surface area (Å²) in [5.74, 6) is -4.16. The monoisotopic (exact) mass is 547 g/mol. The van der Waals surface area contributed by atoms with Crippen molar-refractivity contribution < 1.29 is 35.9 Å². The van der Waals surface area contributed by atoms with Crippen molar-refractivity contribution in [3.8, 4) is 0 Å². The lowest BCUT2D eigenvalue weighted by Gasteiger charge is -2.25. The van der Waals surface area contributed by atoms with Gasteiger partial charge in [-0.15, -0.1) is 0 Å². The number of carbonyl (C=O) groups excluding carboxylic acids is 2. The molecule has 2 aromatic carbocycles. The second-order valence-corrected chi connectivity index (χ2v) is 10.6. The van der Waals surface area contributed by atoms with Gasteiger partial charge in [-0.25, -0.2) is 13.6 Å². The molecule has 0 spiro atoms. The van der Waals surface area contributed by atoms with Crippen LogP contribution < -0.4 is 15.8 Å². The summed E-state index contributed by atoms with van der Waals surface area (Å²) in [4.78, 5) is 26.0. The summed E-state index contributed by atoms with van der Waals surface area (Å²) in [6.07, 6.45) is 5.19. The molecule has 1 amide bonds. The minimum absolute atomic E-state index is 0.0305. The summed E-state index contributed by atoms with van der Waals surface area (Å²) in [6, 6.07) is 9.00. The van der Waals surface area contributed by atoms with E-state index in [9.17, 15) is 26.8 Å². The average Bonchev–Trinajstić information content (AvgIpc) is 3.44. The fraction of sp³-hybridized carbons (Fsp3) is 0.308. The number of amides is 1. The SMILES string of the molecule is Nc1ccc(C[C@H](NC(=O)c2cc(F)c(NS(=O)(=O)c3ccco3)cc2F)C(=O)OC2CCCCC2)cc1. The molecule has 0 bridgehead atoms. The lowest BCUT2D eigenvalue weighted by molar-refractivity contribution is -0.152. The van der Waals surface area contributed by atoms with E-state index in [2.05, 4.69) is 5.32 Å². The van der Waals surface area contributed by atoms with E-state index in [1.54, 1.807) is 24.3 Å². The van der Waals surface area contributed by atoms with Crippen molar-refractivity contribution in [3.05, 3.63) is 77.6 Å². The van der Waals surface area contributed by atoms with Gasteiger partial charge in [0.05, 0.1) is 17.5 Å². The molecule has 12 heteroatoms. The average molecular weight is 548 g/mol. The van der Waals surface area contributed by atoms with Crippen molar-refractivity contribution in [2.24, 2.45) is 0 Å². The number of rotatable bonds is 9. The molecule has 9 nitrogen and oxygen atoms in total. The topological polar surface area (TPSA) is 141 Å². The highest BCUT2D eigenvalue weighted by molar-refractivity contribution is 7.92. The van der Waals surface area contributed by atoms with E-state index in [-0.39, 0.29) is 12.5 Å². The predicted molar refractivity (Wildman–Crippen MR) is 135 cm³/mol. The molecule has 1 aliphatic carbocycles. The van der Waals surface area contributed by atoms with E-state index in [1.165, 1.54) is 6.07 Å². The second-order valence-electron chi connectivity index (χ2n) is 9.02. The zero-order valence-corrected chi connectivity index (χ0v) is 21.1. The number of carbonyl (C=O) groups is 2. The number of anilines is 2. The zero-order valence-electron chi connectivity index (χ0n) is 20.3. The minimum atomic E-state index is -4.32. The molecule has 0 saturated heterocycles. The number of esters is 1. The van der Waals surface area contributed by atoms with Crippen LogP contribution in [0.5, 0.6) is 0 Å². The van der Waals surface area contributed by atoms with Crippen molar-refractivity contribution >= 4 is 33.3 Å². The highest BCUT2D eigenvalue weighted by Gasteiger charge is 2.29. The maximum Gasteiger partial charge on any atom is 0.329 e. The first-order valence-corrected chi connectivity index (χ1v) is 13.5. The van der Waals surface area contributed by atoms with Crippen LogP contribution in [0.4, 0.5) is 20.2 Å². The molecule has 4 rings (SSSR count). The van der Waals surface area contributed by atoms with E-state index < -0.39 is 55.9 Å². The number of halogens is 2. The first-order chi connectivity index (χ1) is 18.1. The van der Waals surface area contributed by atoms with E-state index in [1.807, 2.05) is 4.72 Å². The minimum Gasteiger partial charge on any atom is -0.461 e. The number of sulfonamides is 1. The number of nitrogens with two attached hydrogens (primary N) is 1. The van der Waals surface area contributed by atoms with E-state index in [4.69, 9.17) is 14.9 Å². The van der Waals surface area contributed by atoms with Crippen LogP contribution in [-0.4, -0.2) is 32.4 Å². The van der Waals surface area contributed by atoms with Gasteiger partial charge < -0.3 is 20.2 Å². The number of hydrogen-bond acceptors (Lipinski definition) is 7. The Balaban J connectivity index is 1.53. The van der Waals surface area contributed by atoms with Gasteiger partial charge in [0.2, 0.25) is 5.09 Å². The Hall–Kier alpha value is -3.93. The fourth-order valence-corrected chi connectivity index (χ4v) is 5.15. The molecule has 1 aliphatic rings. The molecule has 0 radical (unpaired) electrons. The summed E-state index contributed by atoms with van der Waals surface area (Å²) < 4.78 is 66.5. The molecular formula is C26H27F2N3O6S. The van der Waals surface area contributed by atoms with Gasteiger partial charge in [-0.05, 0) is 61.6 Å². The number of benzene rings is 2. The number of nitrogens with one attached hydrogen (secondary N) is 2. The number of ether oxygens (including phenoxy) is 1. The first-order valence-electron chi connectivity index (χ1n) is 12.0. The molecule has 202 valence electrons. The maximum absolute atomic E-state index is 14.9. The molecule has 1 atom stereocenters. The smallest absolute Gasteiger partial charge is 0.329 e. The predicted octanol–water partition coefficient (Wildman–Crippen LogP) is 4.16. The van der Waals surface area contributed by atoms with Crippen molar-refractivity contribution in [1.82, 2.24) is 5.32 Å². The highest BCUT2D eigenvalue weighted by atomic mass is 32.2. The molecular weight excluding hydrogens is 520 g/mol. The lowest BCUT2D eigenvalue weighted by atomic mass is 9.97. The number of furan rings is 1. The Labute approximate surface area is 218 Å². The van der Waals surface area contributed by atoms with Crippen molar-refractivity contribution in [2.45, 2.75) is 55.8 Å². The molecule has 1 heterocycles. The summed E-state index contributed by atoms with van der Waals surface area (Å²) in [6.45, 7) is 0. The molecule has 0 aliphatic heterocycles. The lowest BCUT2D eigenvalue weighted by Crippen LogP contribution is -2.45. The van der Waals surface area contributed by atoms with Crippen LogP contribution in [0.15, 0.2) is 64.3 Å². The first kappa shape index (κ1) is 27.1. The van der Waals surface area contributed by atoms with Gasteiger partial charge >= 0.3 is 5.97 Å². The van der Waals surface area contributed by atoms with Crippen LogP contribution >= 0.6 is 0 Å². The van der Waals surface area contributed by atoms with E-state index in [0.29, 0.717) is 36.2 Å². The maximum atomic E-state index is 14.9. The Morgan fingerprint density at radius 3 is 2.42 bits per heavy atom. The molecule has 38 heavy (non-hydrogen) atoms. The third-order valence-corrected chi connectivity index (χ3v) is 7.40. The Morgan fingerprint density at radius 2 is 1.76 bits per heavy atom. The Bertz CT molecular complexity index is 1390. The van der Waals surface area contributed by atoms with Crippen LogP contribution in [0.3, 0.4) is 0 Å². The second kappa shape index (κ2) is 11.6. The third kappa shape index (κ3) is 6.68. The summed E-state index contributed by atoms with van der Waals surface area (Å²) in [5.41, 5.74) is 5.47. The summed E-state index contributed by atoms with van der Waals surface area (Å²) in [5, 5.41) is 1.94. The molecule has 0 unspecified atom stereocenters. The fourth-order valence-electron chi connectivity index (χ4n) is 4.16. The van der Waals surface area contributed by atoms with Crippen molar-refractivity contribution in [1.29, 1.82) is 0 Å². The summed E-state index contributed by atoms with van der Waals surface area (Å²) in [7, 11) is -4.32. The molecule has 1 fully saturated rings. The van der Waals surface area contributed by atoms with Crippen molar-refractivity contribution in [3.63, 3.8) is 0 Å². The van der Waals surface area contributed by atoms with Gasteiger partial charge in [-0.3, -0.25) is 9.52 Å². The van der Waals surface area contributed by atoms with Crippen LogP contribution in [0.1, 0.15) is 48.0 Å². The molecule has 4 N–H and O–H groups in total. The Morgan fingerprint density at radius 1 is 1.05 bits per heavy atom. The molecule has 1 aromatic heterocycles. The highest BCUT2D eigenvalue weighted by Crippen LogP contribution is 2.24. The third-order valence-electron chi connectivity index (χ3n) is 6.15. The normalized spacial score (nSPS) is 15.0. The van der Waals surface area contributed by atoms with Gasteiger partial charge in [-0.2, -0.15) is 8.42 Å². The summed E-state index contributed by atoms with van der Waals surface area (Å²) >= 11 is 0. The van der Waals surface area contributed by atoms with Gasteiger partial charge in [-0.1, -0.05) is 18.6 Å². The Kier molecular flexibility index (Phi) is 8.30. The van der Waals surface area contributed by atoms with Gasteiger partial charge in [0.1, 0.15) is 23.8 Å². The van der Waals surface area contributed by atoms with Gasteiger partial charge in [0.25, 0.3) is 15.9 Å². The van der Waals surface area contributed by atoms with Gasteiger partial charge in [0.15, 0.2) is 0 Å². The quantitative estimate of drug-likeness (QED) is 0.270. The van der Waals surface area contributed by atoms with E-state index >= 15 is 0 Å². The van der Waals surface area contributed by atoms with Crippen LogP contribution in [-0.2, 0) is 26.0 Å². The molecule has 3 aromatic rings. The van der Waals surface area contributed by atoms with Crippen LogP contribution in [0.25, 0.3) is 0 Å². The number of hydrogen-bond donors (Lipinski definition) is 3. The van der Waals surface area contributed by atoms with Crippen LogP contribution in [0, 0.1) is 11.6 Å². The van der Waals surface area contributed by atoms with Crippen LogP contribution in [0.2, 0.25) is 0 Å². The van der Waals surface area contributed by atoms with E-state index in [0.717, 1.165) is 31.6 Å². The number of nitrogen functional groups attached to an aromatic ring is 1. The van der Waals surface area contributed by atoms with Gasteiger partial charge in [0, 0.05) is 18.2 Å². The van der Waals surface area contributed by atoms with Crippen molar-refractivity contribution in [2.75, 3.05) is 10.5 Å². The molecule has 1 saturated carbocycles. The largest absolute Gasteiger partial charge is 0.461 e. The standard InChI is InChI=1S/C26H27F2N3O6S/c27-20-15-22(31-38(34,35)24-7-4-12-36-24)21(28)14-19(20)25(32)30-23(13-16-8-10-17(29)11-9-16)26(33)37-18-5-2-1-3-6-18/h4,7-12,14-15,18,23,31H,1-3,5-6,13,29H2,(H,30,32)/t23-/m0/s1.